The molecule has 130 valence electrons. The third-order valence-electron chi connectivity index (χ3n) is 4.67. The van der Waals surface area contributed by atoms with Crippen molar-refractivity contribution in [3.63, 3.8) is 0 Å². The second kappa shape index (κ2) is 7.66. The summed E-state index contributed by atoms with van der Waals surface area (Å²) in [7, 11) is 1.63. The van der Waals surface area contributed by atoms with Crippen LogP contribution in [-0.2, 0) is 20.7 Å². The predicted molar refractivity (Wildman–Crippen MR) is 88.7 cm³/mol. The smallest absolute Gasteiger partial charge is 0.226 e. The quantitative estimate of drug-likeness (QED) is 0.839. The zero-order chi connectivity index (χ0) is 16.9. The number of methoxy groups -OCH3 is 1. The van der Waals surface area contributed by atoms with E-state index in [4.69, 9.17) is 9.47 Å². The van der Waals surface area contributed by atoms with E-state index in [1.165, 1.54) is 0 Å². The first-order valence-electron chi connectivity index (χ1n) is 8.42. The van der Waals surface area contributed by atoms with Gasteiger partial charge in [-0.1, -0.05) is 18.2 Å². The van der Waals surface area contributed by atoms with Crippen LogP contribution in [0.5, 0.6) is 5.75 Å². The number of nitrogens with zero attached hydrogens (tertiary/aromatic N) is 1. The molecule has 0 aliphatic carbocycles. The van der Waals surface area contributed by atoms with E-state index < -0.39 is 0 Å². The topological polar surface area (TPSA) is 67.9 Å². The number of para-hydroxylation sites is 1. The molecule has 6 nitrogen and oxygen atoms in total. The molecule has 2 aliphatic rings. The number of hydrogen-bond acceptors (Lipinski definition) is 4. The van der Waals surface area contributed by atoms with Gasteiger partial charge in [-0.25, -0.2) is 0 Å². The zero-order valence-electron chi connectivity index (χ0n) is 14.0. The highest BCUT2D eigenvalue weighted by molar-refractivity contribution is 5.80. The minimum absolute atomic E-state index is 0.00675. The van der Waals surface area contributed by atoms with Crippen molar-refractivity contribution in [3.8, 4) is 5.75 Å². The molecule has 24 heavy (non-hydrogen) atoms. The highest BCUT2D eigenvalue weighted by atomic mass is 16.5. The molecule has 1 fully saturated rings. The van der Waals surface area contributed by atoms with Crippen LogP contribution in [0.4, 0.5) is 0 Å². The van der Waals surface area contributed by atoms with Gasteiger partial charge in [-0.2, -0.15) is 0 Å². The lowest BCUT2D eigenvalue weighted by Crippen LogP contribution is -2.40. The average Bonchev–Trinajstić information content (AvgIpc) is 2.97. The summed E-state index contributed by atoms with van der Waals surface area (Å²) in [4.78, 5) is 26.1. The Morgan fingerprint density at radius 2 is 2.21 bits per heavy atom. The Morgan fingerprint density at radius 3 is 3.04 bits per heavy atom. The SMILES string of the molecule is COCCN1C[C@@H](CNC(=O)[C@H]2COc3ccccc3C2)CC1=O. The first-order chi connectivity index (χ1) is 11.7. The molecule has 1 aromatic rings. The number of benzene rings is 1. The Morgan fingerprint density at radius 1 is 1.38 bits per heavy atom. The molecular weight excluding hydrogens is 308 g/mol. The van der Waals surface area contributed by atoms with E-state index in [-0.39, 0.29) is 23.7 Å². The summed E-state index contributed by atoms with van der Waals surface area (Å²) >= 11 is 0. The number of nitrogens with one attached hydrogen (secondary N) is 1. The van der Waals surface area contributed by atoms with Gasteiger partial charge in [0.25, 0.3) is 0 Å². The Balaban J connectivity index is 1.46. The summed E-state index contributed by atoms with van der Waals surface area (Å²) < 4.78 is 10.7. The van der Waals surface area contributed by atoms with Crippen molar-refractivity contribution >= 4 is 11.8 Å². The first-order valence-corrected chi connectivity index (χ1v) is 8.42. The molecule has 2 atom stereocenters. The number of hydrogen-bond donors (Lipinski definition) is 1. The molecule has 1 N–H and O–H groups in total. The van der Waals surface area contributed by atoms with Crippen molar-refractivity contribution in [1.82, 2.24) is 10.2 Å². The van der Waals surface area contributed by atoms with Crippen LogP contribution in [0, 0.1) is 11.8 Å². The molecule has 0 bridgehead atoms. The molecule has 0 saturated carbocycles. The van der Waals surface area contributed by atoms with Gasteiger partial charge in [-0.15, -0.1) is 0 Å². The lowest BCUT2D eigenvalue weighted by molar-refractivity contribution is -0.128. The number of carbonyl (C=O) groups is 2. The van der Waals surface area contributed by atoms with Crippen LogP contribution >= 0.6 is 0 Å². The highest BCUT2D eigenvalue weighted by Gasteiger charge is 2.31. The fourth-order valence-corrected chi connectivity index (χ4v) is 3.29. The third kappa shape index (κ3) is 3.87. The van der Waals surface area contributed by atoms with Gasteiger partial charge in [0.05, 0.1) is 12.5 Å². The number of rotatable bonds is 6. The van der Waals surface area contributed by atoms with Crippen molar-refractivity contribution in [2.45, 2.75) is 12.8 Å². The van der Waals surface area contributed by atoms with E-state index in [1.54, 1.807) is 12.0 Å². The molecule has 2 heterocycles. The van der Waals surface area contributed by atoms with Crippen LogP contribution in [0.1, 0.15) is 12.0 Å². The maximum Gasteiger partial charge on any atom is 0.226 e. The minimum Gasteiger partial charge on any atom is -0.492 e. The molecule has 0 unspecified atom stereocenters. The standard InChI is InChI=1S/C18H24N2O4/c1-23-7-6-20-11-13(8-17(20)21)10-19-18(22)15-9-14-4-2-3-5-16(14)24-12-15/h2-5,13,15H,6-12H2,1H3,(H,19,22)/t13-,15-/m1/s1. The molecule has 1 aromatic carbocycles. The molecule has 6 heteroatoms. The maximum absolute atomic E-state index is 12.4. The van der Waals surface area contributed by atoms with E-state index in [2.05, 4.69) is 5.32 Å². The second-order valence-electron chi connectivity index (χ2n) is 6.47. The number of fused-ring (bicyclic) bond motifs is 1. The Kier molecular flexibility index (Phi) is 5.35. The molecule has 2 aliphatic heterocycles. The summed E-state index contributed by atoms with van der Waals surface area (Å²) in [5, 5.41) is 2.99. The van der Waals surface area contributed by atoms with Gasteiger partial charge in [0.1, 0.15) is 12.4 Å². The van der Waals surface area contributed by atoms with Crippen molar-refractivity contribution in [1.29, 1.82) is 0 Å². The van der Waals surface area contributed by atoms with Crippen LogP contribution in [0.25, 0.3) is 0 Å². The molecule has 1 saturated heterocycles. The van der Waals surface area contributed by atoms with Crippen LogP contribution in [0.2, 0.25) is 0 Å². The molecule has 2 amide bonds. The van der Waals surface area contributed by atoms with Crippen molar-refractivity contribution in [2.24, 2.45) is 11.8 Å². The fraction of sp³-hybridized carbons (Fsp3) is 0.556. The lowest BCUT2D eigenvalue weighted by Gasteiger charge is -2.25. The number of amides is 2. The Bertz CT molecular complexity index is 604. The van der Waals surface area contributed by atoms with Gasteiger partial charge in [0.2, 0.25) is 11.8 Å². The molecule has 0 aromatic heterocycles. The van der Waals surface area contributed by atoms with Gasteiger partial charge in [0.15, 0.2) is 0 Å². The van der Waals surface area contributed by atoms with Crippen molar-refractivity contribution in [3.05, 3.63) is 29.8 Å². The largest absolute Gasteiger partial charge is 0.492 e. The summed E-state index contributed by atoms with van der Waals surface area (Å²) in [6.07, 6.45) is 1.19. The highest BCUT2D eigenvalue weighted by Crippen LogP contribution is 2.27. The van der Waals surface area contributed by atoms with Gasteiger partial charge in [-0.3, -0.25) is 9.59 Å². The van der Waals surface area contributed by atoms with Crippen LogP contribution in [0.15, 0.2) is 24.3 Å². The summed E-state index contributed by atoms with van der Waals surface area (Å²) in [6, 6.07) is 7.83. The Hall–Kier alpha value is -2.08. The maximum atomic E-state index is 12.4. The number of likely N-dealkylation sites (tertiary alicyclic amines) is 1. The normalized spacial score (nSPS) is 22.9. The van der Waals surface area contributed by atoms with Crippen molar-refractivity contribution < 1.29 is 19.1 Å². The molecular formula is C18H24N2O4. The zero-order valence-corrected chi connectivity index (χ0v) is 14.0. The average molecular weight is 332 g/mol. The minimum atomic E-state index is -0.165. The second-order valence-corrected chi connectivity index (χ2v) is 6.47. The number of carbonyl (C=O) groups excluding carboxylic acids is 2. The Labute approximate surface area is 142 Å². The van der Waals surface area contributed by atoms with E-state index in [9.17, 15) is 9.59 Å². The van der Waals surface area contributed by atoms with E-state index in [0.717, 1.165) is 11.3 Å². The first kappa shape index (κ1) is 16.8. The van der Waals surface area contributed by atoms with Gasteiger partial charge in [-0.05, 0) is 18.1 Å². The van der Waals surface area contributed by atoms with E-state index >= 15 is 0 Å². The number of ether oxygens (including phenoxy) is 2. The summed E-state index contributed by atoms with van der Waals surface area (Å²) in [6.45, 7) is 2.79. The van der Waals surface area contributed by atoms with Crippen molar-refractivity contribution in [2.75, 3.05) is 40.0 Å². The fourth-order valence-electron chi connectivity index (χ4n) is 3.29. The molecule has 0 radical (unpaired) electrons. The molecule has 3 rings (SSSR count). The van der Waals surface area contributed by atoms with E-state index in [1.807, 2.05) is 24.3 Å². The lowest BCUT2D eigenvalue weighted by atomic mass is 9.96. The van der Waals surface area contributed by atoms with Crippen LogP contribution in [-0.4, -0.2) is 56.7 Å². The van der Waals surface area contributed by atoms with Gasteiger partial charge < -0.3 is 19.7 Å². The third-order valence-corrected chi connectivity index (χ3v) is 4.67. The van der Waals surface area contributed by atoms with Crippen LogP contribution < -0.4 is 10.1 Å². The van der Waals surface area contributed by atoms with Crippen LogP contribution in [0.3, 0.4) is 0 Å². The monoisotopic (exact) mass is 332 g/mol. The summed E-state index contributed by atoms with van der Waals surface area (Å²) in [5.74, 6) is 1.03. The summed E-state index contributed by atoms with van der Waals surface area (Å²) in [5.41, 5.74) is 1.07. The predicted octanol–water partition coefficient (Wildman–Crippen LogP) is 0.849. The van der Waals surface area contributed by atoms with Gasteiger partial charge in [0, 0.05) is 39.1 Å². The van der Waals surface area contributed by atoms with E-state index in [0.29, 0.717) is 45.7 Å². The molecule has 0 spiro atoms. The van der Waals surface area contributed by atoms with Gasteiger partial charge >= 0.3 is 0 Å².